The second kappa shape index (κ2) is 26.5. The smallest absolute Gasteiger partial charge is 0.0963 e. The number of quaternary nitrogens is 1. The number of unbranched alkanes of at least 4 members (excludes halogenated alkanes) is 14. The van der Waals surface area contributed by atoms with E-state index in [0.717, 1.165) is 37.0 Å². The van der Waals surface area contributed by atoms with Gasteiger partial charge in [-0.25, -0.2) is 0 Å². The summed E-state index contributed by atoms with van der Waals surface area (Å²) in [5, 5.41) is 0. The lowest BCUT2D eigenvalue weighted by Crippen LogP contribution is -2.36. The molecule has 0 radical (unpaired) electrons. The third-order valence-corrected chi connectivity index (χ3v) is 7.08. The van der Waals surface area contributed by atoms with E-state index >= 15 is 0 Å². The van der Waals surface area contributed by atoms with Crippen LogP contribution < -0.4 is 5.73 Å². The highest BCUT2D eigenvalue weighted by molar-refractivity contribution is 4.80. The van der Waals surface area contributed by atoms with E-state index < -0.39 is 0 Å². The van der Waals surface area contributed by atoms with Crippen LogP contribution in [0, 0.1) is 5.41 Å². The molecule has 0 amide bonds. The molecule has 0 fully saturated rings. The first-order valence-electron chi connectivity index (χ1n) is 15.7. The van der Waals surface area contributed by atoms with Gasteiger partial charge in [0.05, 0.1) is 25.5 Å². The largest absolute Gasteiger partial charge is 0.330 e. The van der Waals surface area contributed by atoms with Crippen LogP contribution in [0.1, 0.15) is 164 Å². The molecule has 0 saturated heterocycles. The predicted molar refractivity (Wildman–Crippen MR) is 163 cm³/mol. The van der Waals surface area contributed by atoms with Crippen molar-refractivity contribution >= 4 is 0 Å². The molecule has 0 aromatic heterocycles. The Morgan fingerprint density at radius 2 is 0.829 bits per heavy atom. The molecule has 0 bridgehead atoms. The number of allylic oxidation sites excluding steroid dienone is 2. The van der Waals surface area contributed by atoms with E-state index in [0.29, 0.717) is 5.41 Å². The summed E-state index contributed by atoms with van der Waals surface area (Å²) in [6, 6.07) is 0. The van der Waals surface area contributed by atoms with E-state index in [4.69, 9.17) is 5.73 Å². The Kier molecular flexibility index (Phi) is 27.6. The number of hydrogen-bond acceptors (Lipinski definition) is 1. The van der Waals surface area contributed by atoms with Gasteiger partial charge in [0, 0.05) is 0 Å². The maximum Gasteiger partial charge on any atom is 0.0963 e. The lowest BCUT2D eigenvalue weighted by Gasteiger charge is -2.28. The molecule has 0 aromatic carbocycles. The Labute approximate surface area is 223 Å². The van der Waals surface area contributed by atoms with Crippen molar-refractivity contribution < 1.29 is 4.48 Å². The molecular weight excluding hydrogens is 424 g/mol. The maximum absolute atomic E-state index is 5.50. The van der Waals surface area contributed by atoms with E-state index in [1.807, 2.05) is 0 Å². The molecule has 0 aliphatic heterocycles. The highest BCUT2D eigenvalue weighted by Gasteiger charge is 2.15. The van der Waals surface area contributed by atoms with Gasteiger partial charge in [-0.05, 0) is 63.6 Å². The second-order valence-electron chi connectivity index (χ2n) is 11.7. The number of nitrogens with zero attached hydrogens (tertiary/aromatic N) is 1. The summed E-state index contributed by atoms with van der Waals surface area (Å²) in [5.74, 6) is 0. The number of hydrogen-bond donors (Lipinski definition) is 1. The molecule has 35 heavy (non-hydrogen) atoms. The van der Waals surface area contributed by atoms with Crippen LogP contribution in [0.5, 0.6) is 0 Å². The maximum atomic E-state index is 5.50. The van der Waals surface area contributed by atoms with Crippen molar-refractivity contribution in [1.29, 1.82) is 0 Å². The molecule has 0 heterocycles. The second-order valence-corrected chi connectivity index (χ2v) is 11.7. The molecule has 0 rings (SSSR count). The zero-order chi connectivity index (χ0) is 26.7. The van der Waals surface area contributed by atoms with Crippen molar-refractivity contribution in [2.75, 3.05) is 19.6 Å². The third kappa shape index (κ3) is 27.8. The van der Waals surface area contributed by atoms with Crippen molar-refractivity contribution in [3.63, 3.8) is 0 Å². The standard InChI is InChI=1S/C21H45N.C12H24N/c1-21(2,3)19-17-15-13-11-9-7-5-4-6-8-10-12-14-16-18-20-22;1-5-9-11-13(7-3,8-4)12-10-6-2/h4-20,22H2,1-3H3;9-12H,5-8H2,1-4H3/q;+1. The molecule has 0 spiro atoms. The molecule has 2 N–H and O–H groups in total. The van der Waals surface area contributed by atoms with Crippen molar-refractivity contribution in [3.05, 3.63) is 24.6 Å². The summed E-state index contributed by atoms with van der Waals surface area (Å²) >= 11 is 0. The minimum Gasteiger partial charge on any atom is -0.330 e. The molecule has 0 aliphatic carbocycles. The Morgan fingerprint density at radius 3 is 1.09 bits per heavy atom. The first-order valence-corrected chi connectivity index (χ1v) is 15.7. The monoisotopic (exact) mass is 494 g/mol. The summed E-state index contributed by atoms with van der Waals surface area (Å²) in [6.07, 6.45) is 34.2. The zero-order valence-electron chi connectivity index (χ0n) is 25.7. The van der Waals surface area contributed by atoms with Crippen LogP contribution in [0.15, 0.2) is 24.6 Å². The molecular formula is C33H69N2+. The fourth-order valence-electron chi connectivity index (χ4n) is 4.42. The fraction of sp³-hybridized carbons (Fsp3) is 0.879. The van der Waals surface area contributed by atoms with Gasteiger partial charge < -0.3 is 5.73 Å². The molecule has 0 aromatic rings. The van der Waals surface area contributed by atoms with E-state index in [2.05, 4.69) is 73.0 Å². The van der Waals surface area contributed by atoms with Gasteiger partial charge in [0.15, 0.2) is 0 Å². The van der Waals surface area contributed by atoms with E-state index in [-0.39, 0.29) is 0 Å². The summed E-state index contributed by atoms with van der Waals surface area (Å²) in [5.41, 5.74) is 6.03. The molecule has 210 valence electrons. The summed E-state index contributed by atoms with van der Waals surface area (Å²) in [4.78, 5) is 0. The molecule has 2 heteroatoms. The predicted octanol–water partition coefficient (Wildman–Crippen LogP) is 10.9. The lowest BCUT2D eigenvalue weighted by atomic mass is 9.89. The van der Waals surface area contributed by atoms with E-state index in [9.17, 15) is 0 Å². The number of nitrogens with two attached hydrogens (primary N) is 1. The average Bonchev–Trinajstić information content (AvgIpc) is 2.84. The summed E-state index contributed by atoms with van der Waals surface area (Å²) < 4.78 is 0.988. The first kappa shape index (κ1) is 36.6. The van der Waals surface area contributed by atoms with Crippen molar-refractivity contribution in [3.8, 4) is 0 Å². The van der Waals surface area contributed by atoms with Gasteiger partial charge in [-0.3, -0.25) is 4.48 Å². The van der Waals surface area contributed by atoms with Gasteiger partial charge in [-0.15, -0.1) is 0 Å². The molecule has 0 saturated carbocycles. The van der Waals surface area contributed by atoms with Gasteiger partial charge in [0.1, 0.15) is 0 Å². The number of rotatable bonds is 22. The van der Waals surface area contributed by atoms with Crippen LogP contribution in [-0.2, 0) is 0 Å². The Bertz CT molecular complexity index is 438. The van der Waals surface area contributed by atoms with Gasteiger partial charge in [-0.2, -0.15) is 0 Å². The normalized spacial score (nSPS) is 12.5. The van der Waals surface area contributed by atoms with Gasteiger partial charge >= 0.3 is 0 Å². The fourth-order valence-corrected chi connectivity index (χ4v) is 4.42. The van der Waals surface area contributed by atoms with E-state index in [1.165, 1.54) is 103 Å². The minimum absolute atomic E-state index is 0.532. The lowest BCUT2D eigenvalue weighted by molar-refractivity contribution is -0.824. The Balaban J connectivity index is 0. The van der Waals surface area contributed by atoms with Crippen LogP contribution in [0.25, 0.3) is 0 Å². The topological polar surface area (TPSA) is 26.0 Å². The van der Waals surface area contributed by atoms with Crippen LogP contribution in [-0.4, -0.2) is 24.1 Å². The minimum atomic E-state index is 0.532. The molecule has 0 atom stereocenters. The quantitative estimate of drug-likeness (QED) is 0.118. The highest BCUT2D eigenvalue weighted by Crippen LogP contribution is 2.22. The van der Waals surface area contributed by atoms with Crippen LogP contribution >= 0.6 is 0 Å². The van der Waals surface area contributed by atoms with Crippen LogP contribution in [0.4, 0.5) is 0 Å². The molecule has 0 aliphatic rings. The van der Waals surface area contributed by atoms with E-state index in [1.54, 1.807) is 0 Å². The van der Waals surface area contributed by atoms with Gasteiger partial charge in [0.2, 0.25) is 0 Å². The van der Waals surface area contributed by atoms with Crippen molar-refractivity contribution in [1.82, 2.24) is 0 Å². The summed E-state index contributed by atoms with van der Waals surface area (Å²) in [7, 11) is 0. The third-order valence-electron chi connectivity index (χ3n) is 7.08. The van der Waals surface area contributed by atoms with Crippen LogP contribution in [0.2, 0.25) is 0 Å². The van der Waals surface area contributed by atoms with Crippen molar-refractivity contribution in [2.45, 2.75) is 164 Å². The highest BCUT2D eigenvalue weighted by atomic mass is 15.3. The van der Waals surface area contributed by atoms with Gasteiger partial charge in [-0.1, -0.05) is 125 Å². The molecule has 2 nitrogen and oxygen atoms in total. The Hall–Kier alpha value is -0.600. The zero-order valence-corrected chi connectivity index (χ0v) is 25.7. The van der Waals surface area contributed by atoms with Crippen molar-refractivity contribution in [2.24, 2.45) is 11.1 Å². The summed E-state index contributed by atoms with van der Waals surface area (Å²) in [6.45, 7) is 19.1. The van der Waals surface area contributed by atoms with Crippen LogP contribution in [0.3, 0.4) is 0 Å². The first-order chi connectivity index (χ1) is 16.8. The Morgan fingerprint density at radius 1 is 0.514 bits per heavy atom. The SMILES string of the molecule is CC(C)(C)CCCCCCCCCCCCCCCCCN.CCC=C[N+](C=CCC)(CC)CC. The molecule has 0 unspecified atom stereocenters. The van der Waals surface area contributed by atoms with Gasteiger partial charge in [0.25, 0.3) is 0 Å². The average molecular weight is 494 g/mol.